The molecule has 0 aliphatic rings. The van der Waals surface area contributed by atoms with E-state index < -0.39 is 4.92 Å². The first-order chi connectivity index (χ1) is 11.4. The molecule has 2 aromatic rings. The lowest BCUT2D eigenvalue weighted by atomic mass is 10.1. The number of hydrogen-bond acceptors (Lipinski definition) is 5. The number of methoxy groups -OCH3 is 1. The molecule has 2 rings (SSSR count). The Balaban J connectivity index is 2.05. The zero-order chi connectivity index (χ0) is 17.7. The van der Waals surface area contributed by atoms with Crippen molar-refractivity contribution in [3.05, 3.63) is 57.9 Å². The fourth-order valence-electron chi connectivity index (χ4n) is 2.06. The molecule has 0 aliphatic carbocycles. The van der Waals surface area contributed by atoms with Crippen LogP contribution in [-0.4, -0.2) is 24.5 Å². The molecule has 7 nitrogen and oxygen atoms in total. The summed E-state index contributed by atoms with van der Waals surface area (Å²) < 4.78 is 17.8. The minimum absolute atomic E-state index is 0.0373. The Labute approximate surface area is 137 Å². The zero-order valence-corrected chi connectivity index (χ0v) is 13.1. The van der Waals surface area contributed by atoms with Gasteiger partial charge in [-0.25, -0.2) is 4.39 Å². The van der Waals surface area contributed by atoms with Gasteiger partial charge in [0, 0.05) is 23.5 Å². The summed E-state index contributed by atoms with van der Waals surface area (Å²) in [6.45, 7) is 1.61. The molecule has 0 heterocycles. The monoisotopic (exact) mass is 333 g/mol. The molecule has 1 amide bonds. The molecule has 0 atom stereocenters. The van der Waals surface area contributed by atoms with Crippen molar-refractivity contribution in [2.75, 3.05) is 24.3 Å². The highest BCUT2D eigenvalue weighted by atomic mass is 19.1. The Morgan fingerprint density at radius 1 is 1.29 bits per heavy atom. The van der Waals surface area contributed by atoms with E-state index in [9.17, 15) is 19.3 Å². The number of nitro benzene ring substituents is 1. The molecule has 8 heteroatoms. The SMILES string of the molecule is COc1cc(NC(=O)CNc2ccc(F)cc2)c(C)cc1[N+](=O)[O-]. The van der Waals surface area contributed by atoms with Crippen molar-refractivity contribution < 1.29 is 18.8 Å². The number of nitrogens with one attached hydrogen (secondary N) is 2. The van der Waals surface area contributed by atoms with Gasteiger partial charge in [-0.15, -0.1) is 0 Å². The Bertz CT molecular complexity index is 763. The van der Waals surface area contributed by atoms with E-state index in [0.29, 0.717) is 16.9 Å². The number of carbonyl (C=O) groups is 1. The molecule has 0 unspecified atom stereocenters. The quantitative estimate of drug-likeness (QED) is 0.626. The molecule has 0 aromatic heterocycles. The van der Waals surface area contributed by atoms with Crippen LogP contribution in [0.2, 0.25) is 0 Å². The van der Waals surface area contributed by atoms with Crippen LogP contribution in [0.3, 0.4) is 0 Å². The van der Waals surface area contributed by atoms with Crippen LogP contribution >= 0.6 is 0 Å². The maximum Gasteiger partial charge on any atom is 0.311 e. The lowest BCUT2D eigenvalue weighted by molar-refractivity contribution is -0.385. The number of anilines is 2. The van der Waals surface area contributed by atoms with Crippen LogP contribution in [0.25, 0.3) is 0 Å². The second-order valence-electron chi connectivity index (χ2n) is 5.00. The second kappa shape index (κ2) is 7.40. The van der Waals surface area contributed by atoms with Crippen LogP contribution in [0.1, 0.15) is 5.56 Å². The summed E-state index contributed by atoms with van der Waals surface area (Å²) in [5.41, 5.74) is 1.39. The number of hydrogen-bond donors (Lipinski definition) is 2. The lowest BCUT2D eigenvalue weighted by Crippen LogP contribution is -2.22. The van der Waals surface area contributed by atoms with Crippen LogP contribution in [0.15, 0.2) is 36.4 Å². The van der Waals surface area contributed by atoms with E-state index in [-0.39, 0.29) is 29.7 Å². The summed E-state index contributed by atoms with van der Waals surface area (Å²) >= 11 is 0. The first kappa shape index (κ1) is 17.2. The van der Waals surface area contributed by atoms with Crippen molar-refractivity contribution in [3.63, 3.8) is 0 Å². The highest BCUT2D eigenvalue weighted by Gasteiger charge is 2.18. The van der Waals surface area contributed by atoms with Crippen molar-refractivity contribution >= 4 is 23.0 Å². The molecule has 0 radical (unpaired) electrons. The summed E-state index contributed by atoms with van der Waals surface area (Å²) in [7, 11) is 1.32. The fraction of sp³-hybridized carbons (Fsp3) is 0.188. The van der Waals surface area contributed by atoms with E-state index in [2.05, 4.69) is 10.6 Å². The minimum atomic E-state index is -0.548. The van der Waals surface area contributed by atoms with Gasteiger partial charge in [-0.3, -0.25) is 14.9 Å². The average Bonchev–Trinajstić information content (AvgIpc) is 2.55. The molecular formula is C16H16FN3O4. The molecule has 0 fully saturated rings. The van der Waals surface area contributed by atoms with Gasteiger partial charge in [0.05, 0.1) is 18.6 Å². The van der Waals surface area contributed by atoms with E-state index in [4.69, 9.17) is 4.74 Å². The van der Waals surface area contributed by atoms with Gasteiger partial charge in [-0.1, -0.05) is 0 Å². The summed E-state index contributed by atoms with van der Waals surface area (Å²) in [6.07, 6.45) is 0. The number of benzene rings is 2. The van der Waals surface area contributed by atoms with Gasteiger partial charge in [0.25, 0.3) is 0 Å². The number of amides is 1. The molecule has 0 spiro atoms. The van der Waals surface area contributed by atoms with E-state index in [1.165, 1.54) is 43.5 Å². The van der Waals surface area contributed by atoms with Crippen LogP contribution in [-0.2, 0) is 4.79 Å². The van der Waals surface area contributed by atoms with E-state index in [0.717, 1.165) is 0 Å². The largest absolute Gasteiger partial charge is 0.490 e. The summed E-state index contributed by atoms with van der Waals surface area (Å²) in [5, 5.41) is 16.5. The number of aryl methyl sites for hydroxylation is 1. The Hall–Kier alpha value is -3.16. The third-order valence-electron chi connectivity index (χ3n) is 3.29. The Morgan fingerprint density at radius 3 is 2.54 bits per heavy atom. The highest BCUT2D eigenvalue weighted by molar-refractivity contribution is 5.94. The Kier molecular flexibility index (Phi) is 5.31. The maximum absolute atomic E-state index is 12.8. The molecule has 24 heavy (non-hydrogen) atoms. The van der Waals surface area contributed by atoms with Crippen LogP contribution in [0, 0.1) is 22.9 Å². The summed E-state index contributed by atoms with van der Waals surface area (Å²) in [6, 6.07) is 8.34. The van der Waals surface area contributed by atoms with Crippen molar-refractivity contribution in [1.29, 1.82) is 0 Å². The topological polar surface area (TPSA) is 93.5 Å². The smallest absolute Gasteiger partial charge is 0.311 e. The third kappa shape index (κ3) is 4.19. The maximum atomic E-state index is 12.8. The minimum Gasteiger partial charge on any atom is -0.490 e. The number of nitro groups is 1. The molecular weight excluding hydrogens is 317 g/mol. The predicted molar refractivity (Wildman–Crippen MR) is 87.9 cm³/mol. The second-order valence-corrected chi connectivity index (χ2v) is 5.00. The van der Waals surface area contributed by atoms with Gasteiger partial charge in [0.15, 0.2) is 5.75 Å². The first-order valence-corrected chi connectivity index (χ1v) is 7.03. The molecule has 0 saturated heterocycles. The fourth-order valence-corrected chi connectivity index (χ4v) is 2.06. The van der Waals surface area contributed by atoms with Crippen molar-refractivity contribution in [2.45, 2.75) is 6.92 Å². The highest BCUT2D eigenvalue weighted by Crippen LogP contribution is 2.32. The third-order valence-corrected chi connectivity index (χ3v) is 3.29. The zero-order valence-electron chi connectivity index (χ0n) is 13.1. The summed E-state index contributed by atoms with van der Waals surface area (Å²) in [4.78, 5) is 22.4. The molecule has 0 saturated carbocycles. The first-order valence-electron chi connectivity index (χ1n) is 7.03. The van der Waals surface area contributed by atoms with Crippen LogP contribution in [0.4, 0.5) is 21.5 Å². The number of carbonyl (C=O) groups excluding carboxylic acids is 1. The molecule has 2 aromatic carbocycles. The molecule has 2 N–H and O–H groups in total. The Morgan fingerprint density at radius 2 is 1.96 bits per heavy atom. The van der Waals surface area contributed by atoms with Gasteiger partial charge < -0.3 is 15.4 Å². The summed E-state index contributed by atoms with van der Waals surface area (Å²) in [5.74, 6) is -0.649. The number of ether oxygens (including phenoxy) is 1. The van der Waals surface area contributed by atoms with E-state index in [1.54, 1.807) is 6.92 Å². The van der Waals surface area contributed by atoms with E-state index in [1.807, 2.05) is 0 Å². The van der Waals surface area contributed by atoms with Crippen LogP contribution in [0.5, 0.6) is 5.75 Å². The lowest BCUT2D eigenvalue weighted by Gasteiger charge is -2.11. The number of halogens is 1. The molecule has 126 valence electrons. The van der Waals surface area contributed by atoms with Gasteiger partial charge >= 0.3 is 5.69 Å². The average molecular weight is 333 g/mol. The van der Waals surface area contributed by atoms with Gasteiger partial charge in [0.2, 0.25) is 5.91 Å². The molecule has 0 bridgehead atoms. The van der Waals surface area contributed by atoms with Gasteiger partial charge in [0.1, 0.15) is 5.82 Å². The van der Waals surface area contributed by atoms with Crippen LogP contribution < -0.4 is 15.4 Å². The van der Waals surface area contributed by atoms with Crippen molar-refractivity contribution in [2.24, 2.45) is 0 Å². The number of nitrogens with zero attached hydrogens (tertiary/aromatic N) is 1. The molecule has 0 aliphatic heterocycles. The van der Waals surface area contributed by atoms with Crippen molar-refractivity contribution in [3.8, 4) is 5.75 Å². The predicted octanol–water partition coefficient (Wildman–Crippen LogP) is 3.10. The normalized spacial score (nSPS) is 10.1. The van der Waals surface area contributed by atoms with E-state index >= 15 is 0 Å². The number of rotatable bonds is 6. The van der Waals surface area contributed by atoms with Crippen molar-refractivity contribution in [1.82, 2.24) is 0 Å². The van der Waals surface area contributed by atoms with Gasteiger partial charge in [-0.2, -0.15) is 0 Å². The standard InChI is InChI=1S/C16H16FN3O4/c1-10-7-14(20(22)23)15(24-2)8-13(10)19-16(21)9-18-12-5-3-11(17)4-6-12/h3-8,18H,9H2,1-2H3,(H,19,21). The van der Waals surface area contributed by atoms with Gasteiger partial charge in [-0.05, 0) is 36.8 Å².